The van der Waals surface area contributed by atoms with Crippen molar-refractivity contribution in [1.29, 1.82) is 0 Å². The third-order valence-corrected chi connectivity index (χ3v) is 0.753. The Morgan fingerprint density at radius 1 is 1.56 bits per heavy atom. The topological polar surface area (TPSA) is 21.7 Å². The second-order valence-electron chi connectivity index (χ2n) is 1.73. The van der Waals surface area contributed by atoms with Gasteiger partial charge in [-0.25, -0.2) is 4.84 Å². The summed E-state index contributed by atoms with van der Waals surface area (Å²) in [5.74, 6) is 0. The molecule has 0 saturated carbocycles. The monoisotopic (exact) mass is 149 g/mol. The van der Waals surface area contributed by atoms with Gasteiger partial charge >= 0.3 is 0 Å². The Labute approximate surface area is 60.5 Å². The van der Waals surface area contributed by atoms with Gasteiger partial charge in [-0.2, -0.15) is 0 Å². The van der Waals surface area contributed by atoms with Crippen molar-refractivity contribution >= 4 is 17.7 Å². The van der Waals surface area contributed by atoms with Crippen molar-refractivity contribution in [3.05, 3.63) is 0 Å². The second kappa shape index (κ2) is 4.67. The highest BCUT2D eigenvalue weighted by molar-refractivity contribution is 7.78. The van der Waals surface area contributed by atoms with Crippen LogP contribution in [0, 0.1) is 0 Å². The van der Waals surface area contributed by atoms with E-state index in [4.69, 9.17) is 4.84 Å². The highest BCUT2D eigenvalue weighted by Gasteiger charge is 1.98. The molecular formula is C5H11NO2S. The molecule has 0 rings (SSSR count). The van der Waals surface area contributed by atoms with Crippen molar-refractivity contribution in [2.24, 2.45) is 0 Å². The number of hydrogen-bond donors (Lipinski definition) is 0. The SMILES string of the molecule is CON(C=S)OC(C)C. The molecular weight excluding hydrogens is 138 g/mol. The Hall–Kier alpha value is -0.190. The molecule has 0 N–H and O–H groups in total. The summed E-state index contributed by atoms with van der Waals surface area (Å²) in [6.07, 6.45) is 0.0872. The van der Waals surface area contributed by atoms with E-state index < -0.39 is 0 Å². The molecule has 0 amide bonds. The lowest BCUT2D eigenvalue weighted by Crippen LogP contribution is -2.23. The number of nitrogens with zero attached hydrogens (tertiary/aromatic N) is 1. The van der Waals surface area contributed by atoms with E-state index in [1.54, 1.807) is 0 Å². The molecule has 0 saturated heterocycles. The van der Waals surface area contributed by atoms with Gasteiger partial charge in [-0.3, -0.25) is 4.84 Å². The summed E-state index contributed by atoms with van der Waals surface area (Å²) >= 11 is 4.54. The molecule has 0 heterocycles. The van der Waals surface area contributed by atoms with E-state index >= 15 is 0 Å². The summed E-state index contributed by atoms with van der Waals surface area (Å²) in [4.78, 5) is 9.66. The summed E-state index contributed by atoms with van der Waals surface area (Å²) in [5, 5.41) is 1.14. The second-order valence-corrected chi connectivity index (χ2v) is 1.94. The van der Waals surface area contributed by atoms with E-state index in [2.05, 4.69) is 17.1 Å². The van der Waals surface area contributed by atoms with E-state index in [0.29, 0.717) is 0 Å². The highest BCUT2D eigenvalue weighted by Crippen LogP contribution is 1.92. The number of thiocarbonyl (C=S) groups is 1. The van der Waals surface area contributed by atoms with Gasteiger partial charge in [-0.1, -0.05) is 12.2 Å². The molecule has 0 aromatic carbocycles. The molecule has 0 aromatic rings. The number of hydrogen-bond acceptors (Lipinski definition) is 3. The Morgan fingerprint density at radius 3 is 2.22 bits per heavy atom. The van der Waals surface area contributed by atoms with Gasteiger partial charge in [-0.05, 0) is 13.8 Å². The molecule has 9 heavy (non-hydrogen) atoms. The molecule has 0 radical (unpaired) electrons. The van der Waals surface area contributed by atoms with E-state index in [0.717, 1.165) is 5.23 Å². The van der Waals surface area contributed by atoms with Crippen LogP contribution in [0.15, 0.2) is 0 Å². The van der Waals surface area contributed by atoms with Crippen LogP contribution in [0.1, 0.15) is 13.8 Å². The van der Waals surface area contributed by atoms with Crippen LogP contribution >= 0.6 is 12.2 Å². The average molecular weight is 149 g/mol. The third-order valence-electron chi connectivity index (χ3n) is 0.581. The van der Waals surface area contributed by atoms with Gasteiger partial charge in [0.25, 0.3) is 0 Å². The Kier molecular flexibility index (Phi) is 4.57. The van der Waals surface area contributed by atoms with Crippen molar-refractivity contribution in [1.82, 2.24) is 5.23 Å². The molecule has 54 valence electrons. The zero-order valence-electron chi connectivity index (χ0n) is 5.83. The van der Waals surface area contributed by atoms with Crippen molar-refractivity contribution in [2.75, 3.05) is 7.11 Å². The van der Waals surface area contributed by atoms with Crippen molar-refractivity contribution in [3.8, 4) is 0 Å². The van der Waals surface area contributed by atoms with Crippen LogP contribution < -0.4 is 0 Å². The van der Waals surface area contributed by atoms with Crippen LogP contribution in [0.25, 0.3) is 0 Å². The molecule has 0 aliphatic carbocycles. The minimum absolute atomic E-state index is 0.0872. The minimum atomic E-state index is 0.0872. The summed E-state index contributed by atoms with van der Waals surface area (Å²) in [6.45, 7) is 3.79. The molecule has 0 atom stereocenters. The van der Waals surface area contributed by atoms with Crippen LogP contribution in [-0.4, -0.2) is 23.9 Å². The third kappa shape index (κ3) is 4.32. The van der Waals surface area contributed by atoms with E-state index in [1.165, 1.54) is 12.6 Å². The predicted octanol–water partition coefficient (Wildman–Crippen LogP) is 1.15. The lowest BCUT2D eigenvalue weighted by atomic mass is 10.5. The Bertz CT molecular complexity index is 87.0. The largest absolute Gasteiger partial charge is 0.252 e. The van der Waals surface area contributed by atoms with Crippen molar-refractivity contribution in [2.45, 2.75) is 20.0 Å². The fourth-order valence-corrected chi connectivity index (χ4v) is 0.454. The first-order valence-electron chi connectivity index (χ1n) is 2.66. The Morgan fingerprint density at radius 2 is 2.11 bits per heavy atom. The molecule has 4 heteroatoms. The summed E-state index contributed by atoms with van der Waals surface area (Å²) in [5.41, 5.74) is 1.29. The van der Waals surface area contributed by atoms with Gasteiger partial charge in [0.2, 0.25) is 0 Å². The van der Waals surface area contributed by atoms with Crippen LogP contribution in [-0.2, 0) is 9.68 Å². The fraction of sp³-hybridized carbons (Fsp3) is 0.800. The van der Waals surface area contributed by atoms with Crippen LogP contribution in [0.4, 0.5) is 0 Å². The van der Waals surface area contributed by atoms with Crippen LogP contribution in [0.3, 0.4) is 0 Å². The van der Waals surface area contributed by atoms with Crippen molar-refractivity contribution < 1.29 is 9.68 Å². The van der Waals surface area contributed by atoms with Gasteiger partial charge in [-0.15, -0.1) is 5.23 Å². The lowest BCUT2D eigenvalue weighted by molar-refractivity contribution is -0.313. The smallest absolute Gasteiger partial charge is 0.121 e. The normalized spacial score (nSPS) is 9.78. The molecule has 0 aliphatic heterocycles. The van der Waals surface area contributed by atoms with Crippen molar-refractivity contribution in [3.63, 3.8) is 0 Å². The maximum atomic E-state index is 5.00. The summed E-state index contributed by atoms with van der Waals surface area (Å²) in [6, 6.07) is 0. The maximum Gasteiger partial charge on any atom is 0.121 e. The molecule has 0 unspecified atom stereocenters. The van der Waals surface area contributed by atoms with Gasteiger partial charge < -0.3 is 0 Å². The van der Waals surface area contributed by atoms with Gasteiger partial charge in [0.05, 0.1) is 13.2 Å². The lowest BCUT2D eigenvalue weighted by Gasteiger charge is -2.16. The number of hydroxylamine groups is 2. The minimum Gasteiger partial charge on any atom is -0.252 e. The van der Waals surface area contributed by atoms with Gasteiger partial charge in [0, 0.05) is 0 Å². The molecule has 0 aliphatic rings. The van der Waals surface area contributed by atoms with Gasteiger partial charge in [0.1, 0.15) is 5.49 Å². The maximum absolute atomic E-state index is 5.00. The fourth-order valence-electron chi connectivity index (χ4n) is 0.319. The van der Waals surface area contributed by atoms with E-state index in [9.17, 15) is 0 Å². The first-order chi connectivity index (χ1) is 4.20. The Balaban J connectivity index is 3.42. The van der Waals surface area contributed by atoms with E-state index in [1.807, 2.05) is 13.8 Å². The highest BCUT2D eigenvalue weighted by atomic mass is 32.1. The quantitative estimate of drug-likeness (QED) is 0.441. The standard InChI is InChI=1S/C5H11NO2S/c1-5(2)8-6(4-9)7-3/h4-5H,1-3H3. The molecule has 0 spiro atoms. The first-order valence-corrected chi connectivity index (χ1v) is 3.13. The van der Waals surface area contributed by atoms with Gasteiger partial charge in [0.15, 0.2) is 0 Å². The first kappa shape index (κ1) is 8.81. The van der Waals surface area contributed by atoms with Crippen LogP contribution in [0.2, 0.25) is 0 Å². The summed E-state index contributed by atoms with van der Waals surface area (Å²) in [7, 11) is 1.49. The predicted molar refractivity (Wildman–Crippen MR) is 38.7 cm³/mol. The molecule has 0 bridgehead atoms. The zero-order valence-corrected chi connectivity index (χ0v) is 6.64. The van der Waals surface area contributed by atoms with E-state index in [-0.39, 0.29) is 6.10 Å². The molecule has 0 aromatic heterocycles. The van der Waals surface area contributed by atoms with Crippen LogP contribution in [0.5, 0.6) is 0 Å². The molecule has 3 nitrogen and oxygen atoms in total. The summed E-state index contributed by atoms with van der Waals surface area (Å²) < 4.78 is 0. The number of rotatable bonds is 4. The zero-order chi connectivity index (χ0) is 7.28. The average Bonchev–Trinajstić information content (AvgIpc) is 1.82. The molecule has 0 fully saturated rings.